The molecule has 0 aromatic heterocycles. The van der Waals surface area contributed by atoms with Crippen molar-refractivity contribution in [3.8, 4) is 0 Å². The molecule has 0 aromatic rings. The summed E-state index contributed by atoms with van der Waals surface area (Å²) in [4.78, 5) is 42.5. The molecule has 1 aliphatic heterocycles. The lowest BCUT2D eigenvalue weighted by atomic mass is 10.0. The molecule has 1 heterocycles. The van der Waals surface area contributed by atoms with Gasteiger partial charge in [-0.1, -0.05) is 6.92 Å². The SMILES string of the molecule is CCS[C@H]1O[C@@H](OC=O)[C@@H](OC=O)[C@@H](OC=O)[C@@H]1NC=O. The molecule has 0 aromatic carbocycles. The summed E-state index contributed by atoms with van der Waals surface area (Å²) in [5.41, 5.74) is -0.651. The van der Waals surface area contributed by atoms with Gasteiger partial charge in [-0.15, -0.1) is 11.8 Å². The third-order valence-corrected chi connectivity index (χ3v) is 3.78. The number of rotatable bonds is 10. The van der Waals surface area contributed by atoms with Gasteiger partial charge in [0.1, 0.15) is 11.5 Å². The first-order valence-electron chi connectivity index (χ1n) is 5.97. The molecule has 1 fully saturated rings. The molecule has 0 radical (unpaired) electrons. The molecule has 10 heteroatoms. The van der Waals surface area contributed by atoms with Crippen LogP contribution in [0.2, 0.25) is 0 Å². The van der Waals surface area contributed by atoms with E-state index in [1.165, 1.54) is 11.8 Å². The van der Waals surface area contributed by atoms with E-state index in [2.05, 4.69) is 5.32 Å². The van der Waals surface area contributed by atoms with Gasteiger partial charge >= 0.3 is 0 Å². The van der Waals surface area contributed by atoms with Gasteiger partial charge in [0.05, 0.1) is 0 Å². The minimum Gasteiger partial charge on any atom is -0.458 e. The molecule has 1 saturated heterocycles. The van der Waals surface area contributed by atoms with Gasteiger partial charge in [0, 0.05) is 0 Å². The van der Waals surface area contributed by atoms with Crippen molar-refractivity contribution in [2.75, 3.05) is 5.75 Å². The largest absolute Gasteiger partial charge is 0.458 e. The van der Waals surface area contributed by atoms with Crippen LogP contribution in [-0.4, -0.2) is 61.6 Å². The van der Waals surface area contributed by atoms with E-state index in [4.69, 9.17) is 18.9 Å². The van der Waals surface area contributed by atoms with Crippen molar-refractivity contribution in [1.82, 2.24) is 5.32 Å². The van der Waals surface area contributed by atoms with Gasteiger partial charge in [-0.2, -0.15) is 0 Å². The minimum atomic E-state index is -1.24. The average Bonchev–Trinajstić information content (AvgIpc) is 2.47. The number of thioether (sulfide) groups is 1. The van der Waals surface area contributed by atoms with Gasteiger partial charge in [0.25, 0.3) is 19.4 Å². The Morgan fingerprint density at radius 3 is 2.19 bits per heavy atom. The summed E-state index contributed by atoms with van der Waals surface area (Å²) in [5, 5.41) is 2.46. The van der Waals surface area contributed by atoms with Gasteiger partial charge in [-0.25, -0.2) is 0 Å². The number of carbonyl (C=O) groups is 4. The van der Waals surface area contributed by atoms with Crippen molar-refractivity contribution in [2.45, 2.75) is 36.9 Å². The van der Waals surface area contributed by atoms with E-state index in [1.807, 2.05) is 6.92 Å². The lowest BCUT2D eigenvalue weighted by Crippen LogP contribution is -2.63. The fourth-order valence-corrected chi connectivity index (χ4v) is 2.92. The zero-order chi connectivity index (χ0) is 15.7. The second-order valence-electron chi connectivity index (χ2n) is 3.76. The quantitative estimate of drug-likeness (QED) is 0.391. The van der Waals surface area contributed by atoms with Crippen LogP contribution in [0.5, 0.6) is 0 Å². The van der Waals surface area contributed by atoms with Gasteiger partial charge in [0.15, 0.2) is 6.10 Å². The molecule has 1 rings (SSSR count). The van der Waals surface area contributed by atoms with Crippen LogP contribution in [0.15, 0.2) is 0 Å². The maximum absolute atomic E-state index is 10.7. The molecule has 1 aliphatic rings. The Labute approximate surface area is 124 Å². The van der Waals surface area contributed by atoms with Crippen LogP contribution in [0.1, 0.15) is 6.92 Å². The maximum atomic E-state index is 10.7. The molecule has 21 heavy (non-hydrogen) atoms. The van der Waals surface area contributed by atoms with E-state index in [-0.39, 0.29) is 19.4 Å². The lowest BCUT2D eigenvalue weighted by Gasteiger charge is -2.42. The van der Waals surface area contributed by atoms with Crippen molar-refractivity contribution in [3.63, 3.8) is 0 Å². The molecule has 5 atom stereocenters. The fraction of sp³-hybridized carbons (Fsp3) is 0.636. The van der Waals surface area contributed by atoms with E-state index < -0.39 is 30.0 Å². The lowest BCUT2D eigenvalue weighted by molar-refractivity contribution is -0.251. The van der Waals surface area contributed by atoms with Crippen LogP contribution in [-0.2, 0) is 38.1 Å². The Balaban J connectivity index is 3.05. The molecule has 0 aliphatic carbocycles. The average molecular weight is 321 g/mol. The molecule has 1 amide bonds. The Morgan fingerprint density at radius 1 is 1.05 bits per heavy atom. The molecular formula is C11H15NO8S. The Kier molecular flexibility index (Phi) is 7.54. The van der Waals surface area contributed by atoms with Crippen molar-refractivity contribution in [3.05, 3.63) is 0 Å². The van der Waals surface area contributed by atoms with E-state index in [0.29, 0.717) is 12.2 Å². The van der Waals surface area contributed by atoms with Crippen LogP contribution in [0.25, 0.3) is 0 Å². The highest BCUT2D eigenvalue weighted by atomic mass is 32.2. The second-order valence-corrected chi connectivity index (χ2v) is 5.14. The summed E-state index contributed by atoms with van der Waals surface area (Å²) < 4.78 is 19.9. The van der Waals surface area contributed by atoms with Gasteiger partial charge in [-0.05, 0) is 5.75 Å². The third kappa shape index (κ3) is 4.33. The highest BCUT2D eigenvalue weighted by Crippen LogP contribution is 2.31. The zero-order valence-corrected chi connectivity index (χ0v) is 11.9. The van der Waals surface area contributed by atoms with Crippen LogP contribution in [0.4, 0.5) is 0 Å². The van der Waals surface area contributed by atoms with Crippen molar-refractivity contribution in [1.29, 1.82) is 0 Å². The highest BCUT2D eigenvalue weighted by molar-refractivity contribution is 7.99. The highest BCUT2D eigenvalue weighted by Gasteiger charge is 2.50. The first-order valence-corrected chi connectivity index (χ1v) is 7.02. The summed E-state index contributed by atoms with van der Waals surface area (Å²) in [6.45, 7) is 2.25. The minimum absolute atomic E-state index is 0.113. The van der Waals surface area contributed by atoms with Crippen molar-refractivity contribution in [2.24, 2.45) is 0 Å². The van der Waals surface area contributed by atoms with Crippen molar-refractivity contribution < 1.29 is 38.1 Å². The molecule has 0 saturated carbocycles. The standard InChI is InChI=1S/C11H15NO8S/c1-2-21-11-7(12-3-13)8(17-4-14)9(18-5-15)10(20-11)19-6-16/h3-11H,2H2,1H3,(H,12,13)/t7-,8-,9-,10+,11+/m0/s1. The molecular weight excluding hydrogens is 306 g/mol. The third-order valence-electron chi connectivity index (χ3n) is 2.71. The molecule has 9 nitrogen and oxygen atoms in total. The first-order chi connectivity index (χ1) is 10.2. The first kappa shape index (κ1) is 17.2. The topological polar surface area (TPSA) is 117 Å². The maximum Gasteiger partial charge on any atom is 0.295 e. The molecule has 118 valence electrons. The Morgan fingerprint density at radius 2 is 1.67 bits per heavy atom. The number of hydrogen-bond acceptors (Lipinski definition) is 9. The predicted octanol–water partition coefficient (Wildman–Crippen LogP) is -1.21. The molecule has 0 bridgehead atoms. The number of nitrogens with one attached hydrogen (secondary N) is 1. The van der Waals surface area contributed by atoms with Crippen molar-refractivity contribution >= 4 is 37.6 Å². The number of amides is 1. The monoisotopic (exact) mass is 321 g/mol. The van der Waals surface area contributed by atoms with Crippen LogP contribution < -0.4 is 5.32 Å². The van der Waals surface area contributed by atoms with Gasteiger partial charge < -0.3 is 24.3 Å². The van der Waals surface area contributed by atoms with E-state index >= 15 is 0 Å². The number of hydrogen-bond donors (Lipinski definition) is 1. The Bertz CT molecular complexity index is 368. The summed E-state index contributed by atoms with van der Waals surface area (Å²) in [5.74, 6) is 0.628. The van der Waals surface area contributed by atoms with E-state index in [1.54, 1.807) is 0 Å². The second kappa shape index (κ2) is 9.19. The van der Waals surface area contributed by atoms with E-state index in [0.717, 1.165) is 0 Å². The summed E-state index contributed by atoms with van der Waals surface area (Å²) in [6, 6.07) is -0.769. The molecule has 0 unspecified atom stereocenters. The summed E-state index contributed by atoms with van der Waals surface area (Å²) in [7, 11) is 0. The number of ether oxygens (including phenoxy) is 4. The summed E-state index contributed by atoms with van der Waals surface area (Å²) >= 11 is 1.30. The van der Waals surface area contributed by atoms with Crippen LogP contribution in [0.3, 0.4) is 0 Å². The summed E-state index contributed by atoms with van der Waals surface area (Å²) in [6.07, 6.45) is -3.08. The predicted molar refractivity (Wildman–Crippen MR) is 68.8 cm³/mol. The normalized spacial score (nSPS) is 31.6. The van der Waals surface area contributed by atoms with Crippen LogP contribution >= 0.6 is 11.8 Å². The van der Waals surface area contributed by atoms with E-state index in [9.17, 15) is 19.2 Å². The zero-order valence-electron chi connectivity index (χ0n) is 11.1. The smallest absolute Gasteiger partial charge is 0.295 e. The Hall–Kier alpha value is -1.81. The van der Waals surface area contributed by atoms with Gasteiger partial charge in [-0.3, -0.25) is 19.2 Å². The molecule has 0 spiro atoms. The number of carbonyl (C=O) groups excluding carboxylic acids is 4. The fourth-order valence-electron chi connectivity index (χ4n) is 1.96. The molecule has 1 N–H and O–H groups in total. The van der Waals surface area contributed by atoms with Crippen LogP contribution in [0, 0.1) is 0 Å². The van der Waals surface area contributed by atoms with Gasteiger partial charge in [0.2, 0.25) is 18.8 Å².